The summed E-state index contributed by atoms with van der Waals surface area (Å²) < 4.78 is 7.31. The molecule has 10 heteroatoms. The predicted octanol–water partition coefficient (Wildman–Crippen LogP) is -0.263. The maximum atomic E-state index is 12.2. The van der Waals surface area contributed by atoms with E-state index in [4.69, 9.17) is 4.74 Å². The van der Waals surface area contributed by atoms with Gasteiger partial charge in [0, 0.05) is 31.7 Å². The second-order valence-electron chi connectivity index (χ2n) is 9.06. The molecule has 4 rings (SSSR count). The van der Waals surface area contributed by atoms with E-state index < -0.39 is 5.60 Å². The van der Waals surface area contributed by atoms with Crippen LogP contribution in [0.5, 0.6) is 0 Å². The Bertz CT molecular complexity index is 741. The van der Waals surface area contributed by atoms with E-state index in [-0.39, 0.29) is 53.8 Å². The monoisotopic (exact) mass is 412 g/mol. The van der Waals surface area contributed by atoms with E-state index in [0.717, 1.165) is 37.9 Å². The molecule has 3 fully saturated rings. The van der Waals surface area contributed by atoms with Crippen LogP contribution in [0.15, 0.2) is 6.20 Å². The minimum absolute atomic E-state index is 0. The third-order valence-corrected chi connectivity index (χ3v) is 5.74. The van der Waals surface area contributed by atoms with Gasteiger partial charge in [-0.3, -0.25) is 9.48 Å². The summed E-state index contributed by atoms with van der Waals surface area (Å²) in [6.07, 6.45) is 5.39. The molecule has 3 saturated heterocycles. The zero-order valence-electron chi connectivity index (χ0n) is 17.9. The van der Waals surface area contributed by atoms with Crippen molar-refractivity contribution in [2.24, 2.45) is 0 Å². The van der Waals surface area contributed by atoms with Crippen LogP contribution in [0.3, 0.4) is 0 Å². The molecule has 0 N–H and O–H groups in total. The molecule has 4 heterocycles. The molecule has 29 heavy (non-hydrogen) atoms. The molecular formula is C19H29N6NaO3. The molecule has 1 aromatic heterocycles. The largest absolute Gasteiger partial charge is 1.00 e. The number of ether oxygens (including phenoxy) is 1. The molecule has 9 nitrogen and oxygen atoms in total. The summed E-state index contributed by atoms with van der Waals surface area (Å²) in [5.41, 5.74) is 0.495. The number of urea groups is 1. The number of likely N-dealkylation sites (tertiary alicyclic amines) is 1. The zero-order valence-corrected chi connectivity index (χ0v) is 19.9. The fraction of sp³-hybridized carbons (Fsp3) is 0.789. The van der Waals surface area contributed by atoms with Crippen molar-refractivity contribution < 1.29 is 43.9 Å². The van der Waals surface area contributed by atoms with E-state index >= 15 is 0 Å². The van der Waals surface area contributed by atoms with Gasteiger partial charge in [0.25, 0.3) is 0 Å². The average Bonchev–Trinajstić information content (AvgIpc) is 3.21. The van der Waals surface area contributed by atoms with Crippen LogP contribution in [0.2, 0.25) is 0 Å². The second kappa shape index (κ2) is 8.81. The number of hydrogen-bond acceptors (Lipinski definition) is 5. The van der Waals surface area contributed by atoms with Gasteiger partial charge < -0.3 is 19.9 Å². The number of hydrogen-bond donors (Lipinski definition) is 0. The van der Waals surface area contributed by atoms with Crippen LogP contribution in [0.4, 0.5) is 9.59 Å². The third-order valence-electron chi connectivity index (χ3n) is 5.74. The summed E-state index contributed by atoms with van der Waals surface area (Å²) >= 11 is 0. The summed E-state index contributed by atoms with van der Waals surface area (Å²) in [5.74, 6) is 0.298. The minimum Gasteiger partial charge on any atom is -0.444 e. The van der Waals surface area contributed by atoms with Crippen molar-refractivity contribution >= 4 is 12.1 Å². The van der Waals surface area contributed by atoms with Crippen molar-refractivity contribution in [2.45, 2.75) is 76.6 Å². The molecule has 0 radical (unpaired) electrons. The topological polar surface area (TPSA) is 94.7 Å². The Kier molecular flexibility index (Phi) is 6.80. The number of carbonyl (C=O) groups is 2. The Labute approximate surface area is 193 Å². The maximum absolute atomic E-state index is 12.2. The Morgan fingerprint density at radius 2 is 1.97 bits per heavy atom. The van der Waals surface area contributed by atoms with Gasteiger partial charge in [-0.1, -0.05) is 11.6 Å². The van der Waals surface area contributed by atoms with Crippen LogP contribution < -0.4 is 29.6 Å². The number of aromatic nitrogens is 3. The van der Waals surface area contributed by atoms with Crippen LogP contribution in [0.1, 0.15) is 58.1 Å². The van der Waals surface area contributed by atoms with E-state index in [0.29, 0.717) is 25.6 Å². The summed E-state index contributed by atoms with van der Waals surface area (Å²) in [4.78, 5) is 27.8. The molecule has 2 atom stereocenters. The Morgan fingerprint density at radius 3 is 2.66 bits per heavy atom. The number of carbonyl (C=O) groups excluding carboxylic acids is 2. The maximum Gasteiger partial charge on any atom is 1.00 e. The van der Waals surface area contributed by atoms with Gasteiger partial charge in [-0.15, -0.1) is 5.10 Å². The molecule has 2 bridgehead atoms. The Morgan fingerprint density at radius 1 is 1.24 bits per heavy atom. The molecule has 3 aliphatic rings. The van der Waals surface area contributed by atoms with Gasteiger partial charge in [-0.25, -0.2) is 4.79 Å². The predicted molar refractivity (Wildman–Crippen MR) is 102 cm³/mol. The number of nitrogens with zero attached hydrogens (tertiary/aromatic N) is 6. The molecule has 1 aromatic rings. The molecule has 3 aliphatic heterocycles. The Balaban J connectivity index is 0.00000240. The first-order valence-electron chi connectivity index (χ1n) is 10.2. The molecular weight excluding hydrogens is 383 g/mol. The minimum atomic E-state index is -0.472. The van der Waals surface area contributed by atoms with Crippen molar-refractivity contribution in [3.05, 3.63) is 17.2 Å². The fourth-order valence-electron chi connectivity index (χ4n) is 4.26. The van der Waals surface area contributed by atoms with E-state index in [9.17, 15) is 9.59 Å². The summed E-state index contributed by atoms with van der Waals surface area (Å²) in [5, 5.41) is 12.8. The second-order valence-corrected chi connectivity index (χ2v) is 9.06. The molecule has 0 unspecified atom stereocenters. The standard InChI is InChI=1S/C19H30N6O3.Na/c1-19(2,3)28-18(27)23-8-6-13(7-9-23)16-12-24(22-21-16)11-15-5-4-14-10-25(15)17(26)20-14;/h12-15H,4-11H2,1-3H3,(H,20,26);/q;+1/p-1/t14-,15+;/m1./s1. The van der Waals surface area contributed by atoms with Crippen molar-refractivity contribution in [2.75, 3.05) is 19.6 Å². The number of piperidine rings is 2. The van der Waals surface area contributed by atoms with Crippen LogP contribution in [0.25, 0.3) is 5.32 Å². The summed E-state index contributed by atoms with van der Waals surface area (Å²) in [6, 6.07) is 0.256. The van der Waals surface area contributed by atoms with Crippen LogP contribution in [0, 0.1) is 0 Å². The first-order valence-corrected chi connectivity index (χ1v) is 10.2. The van der Waals surface area contributed by atoms with Crippen molar-refractivity contribution in [3.63, 3.8) is 0 Å². The molecule has 0 aromatic carbocycles. The van der Waals surface area contributed by atoms with Crippen LogP contribution in [-0.4, -0.2) is 74.2 Å². The molecule has 0 spiro atoms. The normalized spacial score (nSPS) is 24.9. The van der Waals surface area contributed by atoms with E-state index in [1.54, 1.807) is 4.90 Å². The van der Waals surface area contributed by atoms with E-state index in [1.165, 1.54) is 0 Å². The molecule has 0 aliphatic carbocycles. The SMILES string of the molecule is CC(C)(C)OC(=O)N1CCC(c2cn(C[C@@H]3CC[C@@H]4CN3C(=O)[N-]4)nn2)CC1.[Na+]. The average molecular weight is 412 g/mol. The summed E-state index contributed by atoms with van der Waals surface area (Å²) in [7, 11) is 0. The van der Waals surface area contributed by atoms with Gasteiger partial charge in [0.05, 0.1) is 5.69 Å². The first kappa shape index (κ1) is 22.4. The van der Waals surface area contributed by atoms with Gasteiger partial charge in [-0.05, 0) is 58.7 Å². The Hall–Kier alpha value is -1.32. The molecule has 0 saturated carbocycles. The van der Waals surface area contributed by atoms with Gasteiger partial charge in [0.2, 0.25) is 0 Å². The number of amides is 3. The van der Waals surface area contributed by atoms with Crippen molar-refractivity contribution in [3.8, 4) is 0 Å². The first-order chi connectivity index (χ1) is 13.3. The van der Waals surface area contributed by atoms with Crippen LogP contribution in [-0.2, 0) is 11.3 Å². The van der Waals surface area contributed by atoms with Crippen LogP contribution >= 0.6 is 0 Å². The number of rotatable bonds is 3. The van der Waals surface area contributed by atoms with Gasteiger partial charge in [0.1, 0.15) is 5.60 Å². The quantitative estimate of drug-likeness (QED) is 0.638. The molecule has 3 amide bonds. The smallest absolute Gasteiger partial charge is 0.444 e. The van der Waals surface area contributed by atoms with Gasteiger partial charge >= 0.3 is 35.7 Å². The van der Waals surface area contributed by atoms with Gasteiger partial charge in [0.15, 0.2) is 6.03 Å². The van der Waals surface area contributed by atoms with E-state index in [2.05, 4.69) is 15.6 Å². The fourth-order valence-corrected chi connectivity index (χ4v) is 4.26. The van der Waals surface area contributed by atoms with Gasteiger partial charge in [-0.2, -0.15) is 0 Å². The van der Waals surface area contributed by atoms with E-state index in [1.807, 2.05) is 36.5 Å². The zero-order chi connectivity index (χ0) is 19.9. The van der Waals surface area contributed by atoms with Crippen molar-refractivity contribution in [1.82, 2.24) is 24.8 Å². The molecule has 154 valence electrons. The van der Waals surface area contributed by atoms with Crippen molar-refractivity contribution in [1.29, 1.82) is 0 Å². The number of fused-ring (bicyclic) bond motifs is 2. The third kappa shape index (κ3) is 5.24. The summed E-state index contributed by atoms with van der Waals surface area (Å²) in [6.45, 7) is 8.39.